The van der Waals surface area contributed by atoms with Crippen LogP contribution in [0, 0.1) is 0 Å². The third-order valence-corrected chi connectivity index (χ3v) is 1.86. The predicted octanol–water partition coefficient (Wildman–Crippen LogP) is 3.05. The molecule has 1 heteroatoms. The lowest BCUT2D eigenvalue weighted by Gasteiger charge is -2.03. The van der Waals surface area contributed by atoms with Crippen molar-refractivity contribution in [2.75, 3.05) is 0 Å². The van der Waals surface area contributed by atoms with Gasteiger partial charge in [0, 0.05) is 5.70 Å². The second-order valence-corrected chi connectivity index (χ2v) is 3.07. The van der Waals surface area contributed by atoms with Crippen LogP contribution in [0.2, 0.25) is 0 Å². The predicted molar refractivity (Wildman–Crippen MR) is 57.1 cm³/mol. The van der Waals surface area contributed by atoms with E-state index in [2.05, 4.69) is 24.0 Å². The zero-order chi connectivity index (χ0) is 9.68. The molecule has 0 atom stereocenters. The van der Waals surface area contributed by atoms with Crippen molar-refractivity contribution in [3.05, 3.63) is 53.1 Å². The minimum Gasteiger partial charge on any atom is -0.353 e. The molecule has 0 fully saturated rings. The topological polar surface area (TPSA) is 12.0 Å². The van der Waals surface area contributed by atoms with Crippen molar-refractivity contribution in [3.63, 3.8) is 0 Å². The first-order valence-corrected chi connectivity index (χ1v) is 4.44. The fraction of sp³-hybridized carbons (Fsp3) is 0.250. The maximum Gasteiger partial charge on any atom is 0.0815 e. The monoisotopic (exact) mass is 173 g/mol. The number of rotatable bonds is 2. The van der Waals surface area contributed by atoms with E-state index in [1.54, 1.807) is 0 Å². The summed E-state index contributed by atoms with van der Waals surface area (Å²) >= 11 is 0. The van der Waals surface area contributed by atoms with Gasteiger partial charge in [-0.05, 0) is 32.9 Å². The standard InChI is InChI=1S/C12H15N/c1-4-11(3)13-12-7-5-6-10(2)8-9-12/h4-6,8-9,13H,1-3H3/b11-4-. The van der Waals surface area contributed by atoms with Crippen molar-refractivity contribution in [1.29, 1.82) is 0 Å². The van der Waals surface area contributed by atoms with E-state index < -0.39 is 0 Å². The maximum atomic E-state index is 3.24. The van der Waals surface area contributed by atoms with Gasteiger partial charge in [0.25, 0.3) is 0 Å². The highest BCUT2D eigenvalue weighted by molar-refractivity contribution is 5.33. The second-order valence-electron chi connectivity index (χ2n) is 3.07. The van der Waals surface area contributed by atoms with Gasteiger partial charge in [-0.2, -0.15) is 0 Å². The summed E-state index contributed by atoms with van der Waals surface area (Å²) in [5.74, 6) is 0. The molecule has 0 radical (unpaired) electrons. The molecule has 0 spiro atoms. The van der Waals surface area contributed by atoms with Gasteiger partial charge in [-0.15, -0.1) is 0 Å². The van der Waals surface area contributed by atoms with E-state index in [0.717, 1.165) is 11.4 Å². The first-order chi connectivity index (χ1) is 6.22. The Morgan fingerprint density at radius 2 is 2.23 bits per heavy atom. The summed E-state index contributed by atoms with van der Waals surface area (Å²) in [6, 6.07) is 0. The molecule has 68 valence electrons. The lowest BCUT2D eigenvalue weighted by Crippen LogP contribution is -2.07. The van der Waals surface area contributed by atoms with Gasteiger partial charge in [0.15, 0.2) is 0 Å². The van der Waals surface area contributed by atoms with Crippen LogP contribution in [-0.2, 0) is 0 Å². The summed E-state index contributed by atoms with van der Waals surface area (Å²) in [5.41, 5.74) is 6.53. The van der Waals surface area contributed by atoms with Crippen LogP contribution in [0.15, 0.2) is 53.1 Å². The van der Waals surface area contributed by atoms with E-state index in [9.17, 15) is 0 Å². The van der Waals surface area contributed by atoms with Gasteiger partial charge in [-0.1, -0.05) is 29.5 Å². The number of hydrogen-bond acceptors (Lipinski definition) is 1. The van der Waals surface area contributed by atoms with Crippen molar-refractivity contribution in [2.45, 2.75) is 20.8 Å². The van der Waals surface area contributed by atoms with Crippen LogP contribution in [0.3, 0.4) is 0 Å². The number of hydrogen-bond donors (Lipinski definition) is 1. The van der Waals surface area contributed by atoms with Gasteiger partial charge in [0.1, 0.15) is 0 Å². The largest absolute Gasteiger partial charge is 0.353 e. The van der Waals surface area contributed by atoms with E-state index in [4.69, 9.17) is 0 Å². The molecular formula is C12H15N. The van der Waals surface area contributed by atoms with Crippen LogP contribution >= 0.6 is 0 Å². The van der Waals surface area contributed by atoms with Gasteiger partial charge in [-0.25, -0.2) is 0 Å². The fourth-order valence-corrected chi connectivity index (χ4v) is 0.944. The number of allylic oxidation sites excluding steroid dienone is 6. The second kappa shape index (κ2) is 4.54. The molecule has 0 bridgehead atoms. The maximum absolute atomic E-state index is 3.24. The van der Waals surface area contributed by atoms with Crippen LogP contribution in [0.4, 0.5) is 0 Å². The summed E-state index contributed by atoms with van der Waals surface area (Å²) in [4.78, 5) is 0. The first-order valence-electron chi connectivity index (χ1n) is 4.44. The minimum absolute atomic E-state index is 1.00. The summed E-state index contributed by atoms with van der Waals surface area (Å²) in [6.07, 6.45) is 10.1. The molecule has 0 saturated heterocycles. The van der Waals surface area contributed by atoms with E-state index in [0.29, 0.717) is 0 Å². The van der Waals surface area contributed by atoms with Gasteiger partial charge in [0.2, 0.25) is 0 Å². The zero-order valence-electron chi connectivity index (χ0n) is 8.39. The average Bonchev–Trinajstić information content (AvgIpc) is 2.31. The van der Waals surface area contributed by atoms with Crippen LogP contribution < -0.4 is 5.32 Å². The average molecular weight is 173 g/mol. The Bertz CT molecular complexity index is 334. The molecule has 0 aliphatic heterocycles. The van der Waals surface area contributed by atoms with Gasteiger partial charge in [0.05, 0.1) is 5.70 Å². The molecule has 13 heavy (non-hydrogen) atoms. The smallest absolute Gasteiger partial charge is 0.0815 e. The molecule has 0 amide bonds. The molecule has 0 heterocycles. The van der Waals surface area contributed by atoms with Crippen LogP contribution in [-0.4, -0.2) is 0 Å². The quantitative estimate of drug-likeness (QED) is 0.633. The van der Waals surface area contributed by atoms with Crippen molar-refractivity contribution in [2.24, 2.45) is 0 Å². The highest BCUT2D eigenvalue weighted by atomic mass is 14.9. The van der Waals surface area contributed by atoms with E-state index >= 15 is 0 Å². The summed E-state index contributed by atoms with van der Waals surface area (Å²) in [6.45, 7) is 6.12. The van der Waals surface area contributed by atoms with E-state index in [1.165, 1.54) is 5.57 Å². The summed E-state index contributed by atoms with van der Waals surface area (Å²) < 4.78 is 0. The lowest BCUT2D eigenvalue weighted by atomic mass is 10.2. The molecule has 0 aromatic heterocycles. The molecule has 0 saturated carbocycles. The Morgan fingerprint density at radius 3 is 2.92 bits per heavy atom. The van der Waals surface area contributed by atoms with Crippen LogP contribution in [0.25, 0.3) is 0 Å². The third kappa shape index (κ3) is 3.18. The van der Waals surface area contributed by atoms with Crippen molar-refractivity contribution in [1.82, 2.24) is 5.32 Å². The Hall–Kier alpha value is -1.46. The molecule has 0 aromatic rings. The van der Waals surface area contributed by atoms with E-state index in [-0.39, 0.29) is 0 Å². The van der Waals surface area contributed by atoms with E-state index in [1.807, 2.05) is 38.2 Å². The zero-order valence-corrected chi connectivity index (χ0v) is 8.39. The fourth-order valence-electron chi connectivity index (χ4n) is 0.944. The Morgan fingerprint density at radius 1 is 1.46 bits per heavy atom. The molecule has 1 rings (SSSR count). The van der Waals surface area contributed by atoms with Crippen molar-refractivity contribution >= 4 is 0 Å². The molecule has 1 N–H and O–H groups in total. The SMILES string of the molecule is C/C=C(/C)NC1=C=CC=C(C)C=C1. The van der Waals surface area contributed by atoms with Crippen LogP contribution in [0.1, 0.15) is 20.8 Å². The third-order valence-electron chi connectivity index (χ3n) is 1.86. The Kier molecular flexibility index (Phi) is 3.36. The highest BCUT2D eigenvalue weighted by Gasteiger charge is 1.92. The van der Waals surface area contributed by atoms with Gasteiger partial charge in [-0.3, -0.25) is 0 Å². The van der Waals surface area contributed by atoms with Crippen molar-refractivity contribution in [3.8, 4) is 0 Å². The normalized spacial score (nSPS) is 16.4. The minimum atomic E-state index is 1.00. The molecule has 0 aromatic carbocycles. The summed E-state index contributed by atoms with van der Waals surface area (Å²) in [7, 11) is 0. The molecular weight excluding hydrogens is 158 g/mol. The van der Waals surface area contributed by atoms with Crippen LogP contribution in [0.5, 0.6) is 0 Å². The molecule has 1 nitrogen and oxygen atoms in total. The Balaban J connectivity index is 2.75. The van der Waals surface area contributed by atoms with Gasteiger partial charge >= 0.3 is 0 Å². The summed E-state index contributed by atoms with van der Waals surface area (Å²) in [5, 5.41) is 3.24. The van der Waals surface area contributed by atoms with Crippen molar-refractivity contribution < 1.29 is 0 Å². The molecule has 0 unspecified atom stereocenters. The lowest BCUT2D eigenvalue weighted by molar-refractivity contribution is 1.00. The first kappa shape index (κ1) is 9.63. The highest BCUT2D eigenvalue weighted by Crippen LogP contribution is 2.04. The molecule has 1 aliphatic carbocycles. The molecule has 1 aliphatic rings. The Labute approximate surface area is 79.8 Å². The number of nitrogens with one attached hydrogen (secondary N) is 1. The van der Waals surface area contributed by atoms with Gasteiger partial charge < -0.3 is 5.32 Å².